The molecule has 2 radical (unpaired) electrons. The number of aromatic nitrogens is 4. The topological polar surface area (TPSA) is 162 Å². The van der Waals surface area contributed by atoms with Crippen LogP contribution < -0.4 is 10.6 Å². The number of fused-ring (bicyclic) bond motifs is 8. The van der Waals surface area contributed by atoms with Crippen LogP contribution in [0.2, 0.25) is 0 Å². The summed E-state index contributed by atoms with van der Waals surface area (Å²) < 4.78 is 0. The summed E-state index contributed by atoms with van der Waals surface area (Å²) in [6.07, 6.45) is 4.95. The lowest BCUT2D eigenvalue weighted by Gasteiger charge is -2.49. The highest BCUT2D eigenvalue weighted by Gasteiger charge is 2.49. The van der Waals surface area contributed by atoms with Gasteiger partial charge in [-0.1, -0.05) is 52.0 Å². The van der Waals surface area contributed by atoms with Gasteiger partial charge in [-0.05, 0) is 227 Å². The summed E-state index contributed by atoms with van der Waals surface area (Å²) in [5.41, 5.74) is 19.0. The van der Waals surface area contributed by atoms with Crippen molar-refractivity contribution >= 4 is 67.5 Å². The molecular weight excluding hydrogens is 945 g/mol. The van der Waals surface area contributed by atoms with E-state index in [0.29, 0.717) is 37.1 Å². The van der Waals surface area contributed by atoms with Gasteiger partial charge in [-0.3, -0.25) is 9.59 Å². The van der Waals surface area contributed by atoms with Crippen LogP contribution in [-0.4, -0.2) is 64.0 Å². The molecule has 4 N–H and O–H groups in total. The predicted molar refractivity (Wildman–Crippen MR) is 310 cm³/mol. The SMILES string of the molecule is CCC1=C(C)c2nc1cc1[nH]c(c(C)c1CC)c(-c1cccc(NC(=O)C3CC(C)(C)N([O])C(C)(C)C3)c1)c1nc(cc3[nH]c(c(C)c3CC)c2-c2cccc(NC(=O)C3CC(C)(C)N([O])C(C)(C)C3)c2)C(CC)=C1C. The maximum atomic E-state index is 14.2. The third-order valence-electron chi connectivity index (χ3n) is 17.2. The number of nitrogens with zero attached hydrogens (tertiary/aromatic N) is 4. The van der Waals surface area contributed by atoms with Gasteiger partial charge in [0.2, 0.25) is 11.8 Å². The Morgan fingerprint density at radius 2 is 0.882 bits per heavy atom. The number of nitrogens with one attached hydrogen (secondary N) is 4. The quantitative estimate of drug-likeness (QED) is 0.109. The first kappa shape index (κ1) is 54.6. The number of hydrogen-bond acceptors (Lipinski definition) is 6. The van der Waals surface area contributed by atoms with Gasteiger partial charge in [0.15, 0.2) is 0 Å². The van der Waals surface area contributed by atoms with Gasteiger partial charge in [0, 0.05) is 67.5 Å². The molecule has 2 aromatic carbocycles. The minimum absolute atomic E-state index is 0.0822. The number of allylic oxidation sites excluding steroid dienone is 4. The third kappa shape index (κ3) is 9.58. The van der Waals surface area contributed by atoms with E-state index < -0.39 is 22.2 Å². The largest absolute Gasteiger partial charge is 0.354 e. The lowest BCUT2D eigenvalue weighted by atomic mass is 9.75. The number of anilines is 2. The zero-order chi connectivity index (χ0) is 55.1. The Labute approximate surface area is 450 Å². The highest BCUT2D eigenvalue weighted by Crippen LogP contribution is 2.46. The van der Waals surface area contributed by atoms with Gasteiger partial charge < -0.3 is 20.6 Å². The number of piperidine rings is 2. The molecule has 2 amide bonds. The fourth-order valence-electron chi connectivity index (χ4n) is 13.8. The maximum Gasteiger partial charge on any atom is 0.227 e. The molecule has 8 bridgehead atoms. The average molecular weight is 1030 g/mol. The highest BCUT2D eigenvalue weighted by molar-refractivity contribution is 6.04. The van der Waals surface area contributed by atoms with Crippen molar-refractivity contribution < 1.29 is 20.0 Å². The van der Waals surface area contributed by atoms with Gasteiger partial charge in [-0.25, -0.2) is 9.97 Å². The second-order valence-electron chi connectivity index (χ2n) is 24.6. The first-order chi connectivity index (χ1) is 35.7. The first-order valence-electron chi connectivity index (χ1n) is 27.7. The van der Waals surface area contributed by atoms with E-state index in [0.717, 1.165) is 126 Å². The summed E-state index contributed by atoms with van der Waals surface area (Å²) in [5.74, 6) is -0.814. The van der Waals surface area contributed by atoms with Gasteiger partial charge in [-0.2, -0.15) is 0 Å². The Kier molecular flexibility index (Phi) is 14.4. The van der Waals surface area contributed by atoms with E-state index in [1.165, 1.54) is 21.3 Å². The van der Waals surface area contributed by atoms with Crippen molar-refractivity contribution in [2.24, 2.45) is 11.8 Å². The zero-order valence-corrected chi connectivity index (χ0v) is 48.0. The molecule has 76 heavy (non-hydrogen) atoms. The van der Waals surface area contributed by atoms with Gasteiger partial charge in [0.05, 0.1) is 33.8 Å². The fraction of sp³-hybridized carbons (Fsp3) is 0.469. The standard InChI is InChI=1S/C64H80N8O4/c1-17-45-35(5)55-53(39-23-21-25-43(27-39)65-59(73)41-31-61(9,10)71(75)62(11,12)32-41)56-37(7)47(19-3)51(69-56)30-52-48(20-4)38(8)58(70-52)54(57-36(6)46(18-2)50(68-57)29-49(45)67-55)40-24-22-26-44(28-40)66-60(74)42-33-63(13,14)72(76)64(15,16)34-42/h21-30,41-42,67,70H,17-20,31-34H2,1-16H3,(H,65,73)(H,66,74). The normalized spacial score (nSPS) is 18.9. The number of aromatic amines is 2. The van der Waals surface area contributed by atoms with Crippen LogP contribution in [0.15, 0.2) is 60.7 Å². The van der Waals surface area contributed by atoms with Crippen molar-refractivity contribution in [1.82, 2.24) is 30.1 Å². The molecule has 7 heterocycles. The van der Waals surface area contributed by atoms with Crippen LogP contribution in [0.1, 0.15) is 180 Å². The Morgan fingerprint density at radius 1 is 0.539 bits per heavy atom. The van der Waals surface area contributed by atoms with Crippen LogP contribution in [0, 0.1) is 25.7 Å². The molecule has 2 fully saturated rings. The molecule has 9 rings (SSSR count). The van der Waals surface area contributed by atoms with Crippen molar-refractivity contribution in [2.75, 3.05) is 10.6 Å². The Bertz CT molecular complexity index is 3160. The molecule has 0 atom stereocenters. The molecule has 3 aromatic heterocycles. The van der Waals surface area contributed by atoms with Gasteiger partial charge in [0.1, 0.15) is 0 Å². The number of amides is 2. The number of hydrogen-bond donors (Lipinski definition) is 4. The third-order valence-corrected chi connectivity index (χ3v) is 17.2. The smallest absolute Gasteiger partial charge is 0.227 e. The van der Waals surface area contributed by atoms with Crippen LogP contribution in [0.5, 0.6) is 0 Å². The van der Waals surface area contributed by atoms with Crippen molar-refractivity contribution in [2.45, 2.75) is 184 Å². The van der Waals surface area contributed by atoms with E-state index in [1.54, 1.807) is 0 Å². The number of carbonyl (C=O) groups is 2. The summed E-state index contributed by atoms with van der Waals surface area (Å²) >= 11 is 0. The Balaban J connectivity index is 1.27. The van der Waals surface area contributed by atoms with E-state index in [4.69, 9.17) is 9.97 Å². The van der Waals surface area contributed by atoms with E-state index in [2.05, 4.69) is 112 Å². The number of rotatable bonds is 10. The molecule has 0 spiro atoms. The molecule has 12 heteroatoms. The van der Waals surface area contributed by atoms with Crippen molar-refractivity contribution in [3.05, 3.63) is 106 Å². The number of hydroxylamine groups is 4. The molecular formula is C64H80N8O4. The summed E-state index contributed by atoms with van der Waals surface area (Å²) in [5, 5.41) is 35.4. The monoisotopic (exact) mass is 1020 g/mol. The first-order valence-corrected chi connectivity index (χ1v) is 27.7. The summed E-state index contributed by atoms with van der Waals surface area (Å²) in [6, 6.07) is 20.7. The fourth-order valence-corrected chi connectivity index (χ4v) is 13.8. The van der Waals surface area contributed by atoms with Crippen molar-refractivity contribution in [3.63, 3.8) is 0 Å². The Hall–Kier alpha value is -6.18. The maximum absolute atomic E-state index is 14.2. The van der Waals surface area contributed by atoms with Gasteiger partial charge >= 0.3 is 0 Å². The summed E-state index contributed by atoms with van der Waals surface area (Å²) in [7, 11) is 0. The number of carbonyl (C=O) groups excluding carboxylic acids is 2. The molecule has 5 aromatic rings. The molecule has 0 saturated carbocycles. The van der Waals surface area contributed by atoms with Crippen LogP contribution >= 0.6 is 0 Å². The second-order valence-corrected chi connectivity index (χ2v) is 24.6. The van der Waals surface area contributed by atoms with E-state index >= 15 is 0 Å². The van der Waals surface area contributed by atoms with Crippen LogP contribution in [0.3, 0.4) is 0 Å². The zero-order valence-electron chi connectivity index (χ0n) is 48.0. The van der Waals surface area contributed by atoms with Gasteiger partial charge in [-0.15, -0.1) is 20.5 Å². The lowest BCUT2D eigenvalue weighted by Crippen LogP contribution is -2.59. The summed E-state index contributed by atoms with van der Waals surface area (Å²) in [4.78, 5) is 47.5. The number of H-pyrrole nitrogens is 2. The molecule has 4 aliphatic heterocycles. The van der Waals surface area contributed by atoms with Gasteiger partial charge in [0.25, 0.3) is 0 Å². The molecule has 0 unspecified atom stereocenters. The molecule has 12 nitrogen and oxygen atoms in total. The second kappa shape index (κ2) is 20.0. The minimum Gasteiger partial charge on any atom is -0.354 e. The highest BCUT2D eigenvalue weighted by atomic mass is 16.5. The molecule has 2 saturated heterocycles. The molecule has 0 aliphatic carbocycles. The predicted octanol–water partition coefficient (Wildman–Crippen LogP) is 15.2. The molecule has 4 aliphatic rings. The van der Waals surface area contributed by atoms with Crippen LogP contribution in [0.25, 0.3) is 66.6 Å². The number of aryl methyl sites for hydroxylation is 4. The van der Waals surface area contributed by atoms with E-state index in [1.807, 2.05) is 79.7 Å². The average Bonchev–Trinajstić information content (AvgIpc) is 4.06. The lowest BCUT2D eigenvalue weighted by molar-refractivity contribution is -0.292. The molecule has 400 valence electrons. The summed E-state index contributed by atoms with van der Waals surface area (Å²) in [6.45, 7) is 32.9. The Morgan fingerprint density at radius 3 is 1.20 bits per heavy atom. The van der Waals surface area contributed by atoms with Crippen molar-refractivity contribution in [3.8, 4) is 22.3 Å². The van der Waals surface area contributed by atoms with Crippen LogP contribution in [-0.2, 0) is 32.8 Å². The van der Waals surface area contributed by atoms with Crippen molar-refractivity contribution in [1.29, 1.82) is 0 Å². The minimum atomic E-state index is -0.676. The number of benzene rings is 2. The van der Waals surface area contributed by atoms with E-state index in [-0.39, 0.29) is 23.7 Å². The van der Waals surface area contributed by atoms with E-state index in [9.17, 15) is 20.0 Å². The van der Waals surface area contributed by atoms with Crippen LogP contribution in [0.4, 0.5) is 11.4 Å².